The van der Waals surface area contributed by atoms with E-state index in [1.54, 1.807) is 30.3 Å². The van der Waals surface area contributed by atoms with Crippen LogP contribution in [0, 0.1) is 5.82 Å². The number of carbonyl (C=O) groups excluding carboxylic acids is 1. The summed E-state index contributed by atoms with van der Waals surface area (Å²) in [5.74, 6) is -0.0226. The number of nitrogens with two attached hydrogens (primary N) is 1. The first-order chi connectivity index (χ1) is 14.6. The van der Waals surface area contributed by atoms with Crippen LogP contribution in [-0.4, -0.2) is 15.9 Å². The average Bonchev–Trinajstić information content (AvgIpc) is 3.18. The molecule has 0 saturated heterocycles. The number of thiophene rings is 1. The quantitative estimate of drug-likeness (QED) is 0.432. The number of fused-ring (bicyclic) bond motifs is 1. The molecule has 0 aliphatic heterocycles. The summed E-state index contributed by atoms with van der Waals surface area (Å²) in [6.07, 6.45) is 1.41. The molecule has 2 aromatic heterocycles. The van der Waals surface area contributed by atoms with Crippen LogP contribution in [0.15, 0.2) is 60.9 Å². The molecule has 0 spiro atoms. The molecule has 0 radical (unpaired) electrons. The van der Waals surface area contributed by atoms with Crippen molar-refractivity contribution in [3.63, 3.8) is 0 Å². The number of nitrogens with one attached hydrogen (secondary N) is 1. The third-order valence-electron chi connectivity index (χ3n) is 4.44. The Kier molecular flexibility index (Phi) is 7.51. The second-order valence-electron chi connectivity index (χ2n) is 6.62. The molecule has 3 N–H and O–H groups in total. The third-order valence-corrected chi connectivity index (χ3v) is 5.55. The molecule has 6 nitrogen and oxygen atoms in total. The number of carbonyl (C=O) groups is 1. The van der Waals surface area contributed by atoms with Crippen LogP contribution < -0.4 is 15.8 Å². The molecule has 1 amide bonds. The maximum atomic E-state index is 13.3. The molecule has 0 fully saturated rings. The lowest BCUT2D eigenvalue weighted by atomic mass is 10.1. The van der Waals surface area contributed by atoms with E-state index in [-0.39, 0.29) is 30.7 Å². The van der Waals surface area contributed by atoms with Crippen LogP contribution in [0.5, 0.6) is 5.88 Å². The van der Waals surface area contributed by atoms with Gasteiger partial charge in [0.25, 0.3) is 5.91 Å². The van der Waals surface area contributed by atoms with Gasteiger partial charge in [-0.2, -0.15) is 0 Å². The molecule has 0 aliphatic carbocycles. The molecule has 2 aromatic carbocycles. The van der Waals surface area contributed by atoms with Gasteiger partial charge in [-0.25, -0.2) is 14.4 Å². The second kappa shape index (κ2) is 10.3. The standard InChI is InChI=1S/C22H19FN4O2S.ClH/c23-17-4-5-20-16(7-17)8-19(30-20)11-25-22(28)15-3-1-2-14(6-15)12-29-21-9-18(10-24)26-13-27-21;/h1-9,13H,10-12,24H2,(H,25,28);1H. The Bertz CT molecular complexity index is 1200. The van der Waals surface area contributed by atoms with E-state index in [1.807, 2.05) is 12.1 Å². The third kappa shape index (κ3) is 5.75. The topological polar surface area (TPSA) is 90.1 Å². The Hall–Kier alpha value is -3.07. The van der Waals surface area contributed by atoms with E-state index in [2.05, 4.69) is 15.3 Å². The van der Waals surface area contributed by atoms with Crippen molar-refractivity contribution in [3.8, 4) is 5.88 Å². The van der Waals surface area contributed by atoms with Crippen molar-refractivity contribution in [1.29, 1.82) is 0 Å². The number of amides is 1. The molecule has 0 saturated carbocycles. The van der Waals surface area contributed by atoms with Crippen molar-refractivity contribution in [2.45, 2.75) is 19.7 Å². The number of ether oxygens (including phenoxy) is 1. The molecule has 2 heterocycles. The second-order valence-corrected chi connectivity index (χ2v) is 7.79. The van der Waals surface area contributed by atoms with Crippen LogP contribution in [0.4, 0.5) is 4.39 Å². The van der Waals surface area contributed by atoms with E-state index in [0.29, 0.717) is 30.2 Å². The molecule has 0 bridgehead atoms. The van der Waals surface area contributed by atoms with Gasteiger partial charge in [-0.05, 0) is 47.3 Å². The van der Waals surface area contributed by atoms with Gasteiger partial charge in [-0.3, -0.25) is 4.79 Å². The Balaban J connectivity index is 0.00000272. The molecule has 4 aromatic rings. The van der Waals surface area contributed by atoms with E-state index in [0.717, 1.165) is 20.5 Å². The van der Waals surface area contributed by atoms with E-state index in [1.165, 1.54) is 29.8 Å². The van der Waals surface area contributed by atoms with E-state index in [9.17, 15) is 9.18 Å². The summed E-state index contributed by atoms with van der Waals surface area (Å²) < 4.78 is 20.0. The van der Waals surface area contributed by atoms with Crippen LogP contribution in [0.2, 0.25) is 0 Å². The Morgan fingerprint density at radius 1 is 1.13 bits per heavy atom. The lowest BCUT2D eigenvalue weighted by Crippen LogP contribution is -2.22. The summed E-state index contributed by atoms with van der Waals surface area (Å²) in [4.78, 5) is 21.6. The van der Waals surface area contributed by atoms with Gasteiger partial charge in [-0.1, -0.05) is 12.1 Å². The minimum absolute atomic E-state index is 0. The maximum absolute atomic E-state index is 13.3. The fraction of sp³-hybridized carbons (Fsp3) is 0.136. The van der Waals surface area contributed by atoms with Gasteiger partial charge < -0.3 is 15.8 Å². The summed E-state index contributed by atoms with van der Waals surface area (Å²) in [7, 11) is 0. The minimum Gasteiger partial charge on any atom is -0.473 e. The van der Waals surface area contributed by atoms with Crippen molar-refractivity contribution in [3.05, 3.63) is 88.4 Å². The summed E-state index contributed by atoms with van der Waals surface area (Å²) in [5.41, 5.74) is 7.64. The zero-order valence-corrected chi connectivity index (χ0v) is 18.0. The van der Waals surface area contributed by atoms with Crippen LogP contribution in [0.1, 0.15) is 26.5 Å². The van der Waals surface area contributed by atoms with E-state index in [4.69, 9.17) is 10.5 Å². The molecule has 0 atom stereocenters. The largest absolute Gasteiger partial charge is 0.473 e. The van der Waals surface area contributed by atoms with E-state index >= 15 is 0 Å². The van der Waals surface area contributed by atoms with Gasteiger partial charge in [0.15, 0.2) is 0 Å². The van der Waals surface area contributed by atoms with Crippen LogP contribution in [0.25, 0.3) is 10.1 Å². The Labute approximate surface area is 188 Å². The van der Waals surface area contributed by atoms with Crippen LogP contribution in [0.3, 0.4) is 0 Å². The summed E-state index contributed by atoms with van der Waals surface area (Å²) in [5, 5.41) is 3.75. The average molecular weight is 459 g/mol. The highest BCUT2D eigenvalue weighted by Crippen LogP contribution is 2.26. The summed E-state index contributed by atoms with van der Waals surface area (Å²) >= 11 is 1.53. The van der Waals surface area contributed by atoms with Crippen LogP contribution in [-0.2, 0) is 19.7 Å². The number of nitrogens with zero attached hydrogens (tertiary/aromatic N) is 2. The number of aromatic nitrogens is 2. The number of benzene rings is 2. The highest BCUT2D eigenvalue weighted by Gasteiger charge is 2.09. The monoisotopic (exact) mass is 458 g/mol. The smallest absolute Gasteiger partial charge is 0.251 e. The summed E-state index contributed by atoms with van der Waals surface area (Å²) in [6.45, 7) is 0.955. The zero-order chi connectivity index (χ0) is 20.9. The molecule has 9 heteroatoms. The predicted molar refractivity (Wildman–Crippen MR) is 121 cm³/mol. The Morgan fingerprint density at radius 2 is 2.00 bits per heavy atom. The number of hydrogen-bond donors (Lipinski definition) is 2. The number of halogens is 2. The van der Waals surface area contributed by atoms with Crippen molar-refractivity contribution in [2.24, 2.45) is 5.73 Å². The predicted octanol–water partition coefficient (Wildman–Crippen LogP) is 4.22. The molecule has 0 unspecified atom stereocenters. The van der Waals surface area contributed by atoms with Gasteiger partial charge in [-0.15, -0.1) is 23.7 Å². The SMILES string of the molecule is Cl.NCc1cc(OCc2cccc(C(=O)NCc3cc4cc(F)ccc4s3)c2)ncn1. The van der Waals surface area contributed by atoms with Crippen molar-refractivity contribution in [1.82, 2.24) is 15.3 Å². The first-order valence-corrected chi connectivity index (χ1v) is 10.1. The van der Waals surface area contributed by atoms with Gasteiger partial charge >= 0.3 is 0 Å². The number of rotatable bonds is 7. The summed E-state index contributed by atoms with van der Waals surface area (Å²) in [6, 6.07) is 15.5. The van der Waals surface area contributed by atoms with Crippen molar-refractivity contribution in [2.75, 3.05) is 0 Å². The highest BCUT2D eigenvalue weighted by molar-refractivity contribution is 7.19. The van der Waals surface area contributed by atoms with Crippen molar-refractivity contribution < 1.29 is 13.9 Å². The van der Waals surface area contributed by atoms with Gasteiger partial charge in [0.05, 0.1) is 12.2 Å². The highest BCUT2D eigenvalue weighted by atomic mass is 35.5. The van der Waals surface area contributed by atoms with Gasteiger partial charge in [0, 0.05) is 27.8 Å². The lowest BCUT2D eigenvalue weighted by molar-refractivity contribution is 0.0951. The van der Waals surface area contributed by atoms with Crippen molar-refractivity contribution >= 4 is 39.7 Å². The molecular formula is C22H20ClFN4O2S. The minimum atomic E-state index is -0.267. The zero-order valence-electron chi connectivity index (χ0n) is 16.4. The molecule has 0 aliphatic rings. The number of hydrogen-bond acceptors (Lipinski definition) is 6. The lowest BCUT2D eigenvalue weighted by Gasteiger charge is -2.08. The fourth-order valence-electron chi connectivity index (χ4n) is 2.95. The van der Waals surface area contributed by atoms with E-state index < -0.39 is 0 Å². The molecule has 4 rings (SSSR count). The fourth-order valence-corrected chi connectivity index (χ4v) is 3.94. The van der Waals surface area contributed by atoms with Gasteiger partial charge in [0.2, 0.25) is 5.88 Å². The molecular weight excluding hydrogens is 439 g/mol. The molecule has 160 valence electrons. The maximum Gasteiger partial charge on any atom is 0.251 e. The van der Waals surface area contributed by atoms with Crippen LogP contribution >= 0.6 is 23.7 Å². The first kappa shape index (κ1) is 22.6. The first-order valence-electron chi connectivity index (χ1n) is 9.29. The molecule has 31 heavy (non-hydrogen) atoms. The van der Waals surface area contributed by atoms with Gasteiger partial charge in [0.1, 0.15) is 18.8 Å². The Morgan fingerprint density at radius 3 is 2.84 bits per heavy atom. The normalized spacial score (nSPS) is 10.5.